The van der Waals surface area contributed by atoms with Crippen molar-refractivity contribution in [2.45, 2.75) is 38.9 Å². The van der Waals surface area contributed by atoms with E-state index in [2.05, 4.69) is 21.2 Å². The molecule has 1 aromatic carbocycles. The van der Waals surface area contributed by atoms with E-state index in [0.29, 0.717) is 13.2 Å². The van der Waals surface area contributed by atoms with Crippen LogP contribution in [0, 0.1) is 0 Å². The SMILES string of the molecule is O=C(NCCCCCCBr)c1ccc2c(c1)COC2. The Morgan fingerprint density at radius 2 is 1.95 bits per heavy atom. The van der Waals surface area contributed by atoms with Crippen molar-refractivity contribution in [3.63, 3.8) is 0 Å². The van der Waals surface area contributed by atoms with Crippen molar-refractivity contribution >= 4 is 21.8 Å². The normalized spacial score (nSPS) is 13.3. The van der Waals surface area contributed by atoms with Crippen LogP contribution in [-0.4, -0.2) is 17.8 Å². The number of benzene rings is 1. The minimum atomic E-state index is 0.0233. The van der Waals surface area contributed by atoms with Crippen molar-refractivity contribution in [1.29, 1.82) is 0 Å². The number of carbonyl (C=O) groups excluding carboxylic acids is 1. The molecule has 0 saturated carbocycles. The second-order valence-corrected chi connectivity index (χ2v) is 5.63. The predicted octanol–water partition coefficient (Wildman–Crippen LogP) is 3.40. The van der Waals surface area contributed by atoms with Crippen molar-refractivity contribution in [1.82, 2.24) is 5.32 Å². The van der Waals surface area contributed by atoms with Crippen LogP contribution in [0.1, 0.15) is 47.2 Å². The summed E-state index contributed by atoms with van der Waals surface area (Å²) in [6, 6.07) is 5.82. The van der Waals surface area contributed by atoms with Gasteiger partial charge in [0, 0.05) is 17.4 Å². The van der Waals surface area contributed by atoms with Gasteiger partial charge in [-0.3, -0.25) is 4.79 Å². The lowest BCUT2D eigenvalue weighted by atomic mass is 10.1. The molecule has 1 heterocycles. The fraction of sp³-hybridized carbons (Fsp3) is 0.533. The van der Waals surface area contributed by atoms with Gasteiger partial charge >= 0.3 is 0 Å². The number of amides is 1. The van der Waals surface area contributed by atoms with Crippen LogP contribution >= 0.6 is 15.9 Å². The Morgan fingerprint density at radius 3 is 2.79 bits per heavy atom. The summed E-state index contributed by atoms with van der Waals surface area (Å²) in [6.45, 7) is 2.06. The zero-order chi connectivity index (χ0) is 13.5. The Morgan fingerprint density at radius 1 is 1.16 bits per heavy atom. The number of alkyl halides is 1. The molecule has 3 nitrogen and oxygen atoms in total. The molecule has 0 fully saturated rings. The molecule has 4 heteroatoms. The topological polar surface area (TPSA) is 38.3 Å². The molecule has 0 saturated heterocycles. The van der Waals surface area contributed by atoms with E-state index in [9.17, 15) is 4.79 Å². The molecule has 2 rings (SSSR count). The second kappa shape index (κ2) is 7.65. The second-order valence-electron chi connectivity index (χ2n) is 4.84. The fourth-order valence-electron chi connectivity index (χ4n) is 2.19. The zero-order valence-corrected chi connectivity index (χ0v) is 12.7. The molecule has 1 aliphatic rings. The third-order valence-corrected chi connectivity index (χ3v) is 3.89. The van der Waals surface area contributed by atoms with Gasteiger partial charge in [0.1, 0.15) is 0 Å². The van der Waals surface area contributed by atoms with Gasteiger partial charge in [0.15, 0.2) is 0 Å². The van der Waals surface area contributed by atoms with E-state index in [0.717, 1.165) is 29.4 Å². The Balaban J connectivity index is 1.74. The molecule has 1 amide bonds. The first-order valence-corrected chi connectivity index (χ1v) is 7.97. The van der Waals surface area contributed by atoms with E-state index in [1.165, 1.54) is 24.8 Å². The van der Waals surface area contributed by atoms with Crippen molar-refractivity contribution < 1.29 is 9.53 Å². The lowest BCUT2D eigenvalue weighted by Gasteiger charge is -2.06. The summed E-state index contributed by atoms with van der Waals surface area (Å²) >= 11 is 3.42. The molecular weight excluding hydrogens is 306 g/mol. The Hall–Kier alpha value is -0.870. The number of nitrogens with one attached hydrogen (secondary N) is 1. The summed E-state index contributed by atoms with van der Waals surface area (Å²) in [6.07, 6.45) is 4.65. The molecule has 0 radical (unpaired) electrons. The predicted molar refractivity (Wildman–Crippen MR) is 79.5 cm³/mol. The lowest BCUT2D eigenvalue weighted by molar-refractivity contribution is 0.0952. The first kappa shape index (κ1) is 14.5. The van der Waals surface area contributed by atoms with Crippen LogP contribution in [0.4, 0.5) is 0 Å². The largest absolute Gasteiger partial charge is 0.372 e. The lowest BCUT2D eigenvalue weighted by Crippen LogP contribution is -2.24. The van der Waals surface area contributed by atoms with Gasteiger partial charge in [-0.25, -0.2) is 0 Å². The number of unbranched alkanes of at least 4 members (excludes halogenated alkanes) is 3. The average molecular weight is 326 g/mol. The summed E-state index contributed by atoms with van der Waals surface area (Å²) in [5, 5.41) is 4.04. The summed E-state index contributed by atoms with van der Waals surface area (Å²) in [5.41, 5.74) is 3.08. The molecule has 19 heavy (non-hydrogen) atoms. The number of hydrogen-bond donors (Lipinski definition) is 1. The maximum atomic E-state index is 12.0. The monoisotopic (exact) mass is 325 g/mol. The highest BCUT2D eigenvalue weighted by Crippen LogP contribution is 2.20. The van der Waals surface area contributed by atoms with E-state index in [1.807, 2.05) is 18.2 Å². The minimum absolute atomic E-state index is 0.0233. The van der Waals surface area contributed by atoms with Crippen molar-refractivity contribution in [2.75, 3.05) is 11.9 Å². The van der Waals surface area contributed by atoms with Gasteiger partial charge in [-0.2, -0.15) is 0 Å². The van der Waals surface area contributed by atoms with E-state index in [4.69, 9.17) is 4.74 Å². The Labute approximate surface area is 122 Å². The molecule has 1 N–H and O–H groups in total. The van der Waals surface area contributed by atoms with E-state index < -0.39 is 0 Å². The van der Waals surface area contributed by atoms with Crippen molar-refractivity contribution in [3.8, 4) is 0 Å². The zero-order valence-electron chi connectivity index (χ0n) is 11.1. The van der Waals surface area contributed by atoms with Crippen LogP contribution < -0.4 is 5.32 Å². The number of ether oxygens (including phenoxy) is 1. The van der Waals surface area contributed by atoms with Crippen molar-refractivity contribution in [3.05, 3.63) is 34.9 Å². The number of carbonyl (C=O) groups is 1. The smallest absolute Gasteiger partial charge is 0.251 e. The van der Waals surface area contributed by atoms with Crippen LogP contribution in [-0.2, 0) is 18.0 Å². The molecule has 0 unspecified atom stereocenters. The van der Waals surface area contributed by atoms with E-state index in [-0.39, 0.29) is 5.91 Å². The average Bonchev–Trinajstić information content (AvgIpc) is 2.89. The third kappa shape index (κ3) is 4.32. The highest BCUT2D eigenvalue weighted by atomic mass is 79.9. The summed E-state index contributed by atoms with van der Waals surface area (Å²) in [4.78, 5) is 12.0. The van der Waals surface area contributed by atoms with Gasteiger partial charge < -0.3 is 10.1 Å². The summed E-state index contributed by atoms with van der Waals surface area (Å²) in [7, 11) is 0. The molecule has 1 aromatic rings. The maximum absolute atomic E-state index is 12.0. The van der Waals surface area contributed by atoms with Gasteiger partial charge in [-0.15, -0.1) is 0 Å². The Kier molecular flexibility index (Phi) is 5.86. The van der Waals surface area contributed by atoms with Crippen LogP contribution in [0.5, 0.6) is 0 Å². The van der Waals surface area contributed by atoms with Crippen LogP contribution in [0.15, 0.2) is 18.2 Å². The highest BCUT2D eigenvalue weighted by Gasteiger charge is 2.13. The van der Waals surface area contributed by atoms with E-state index in [1.54, 1.807) is 0 Å². The van der Waals surface area contributed by atoms with Gasteiger partial charge in [0.2, 0.25) is 0 Å². The van der Waals surface area contributed by atoms with Crippen molar-refractivity contribution in [2.24, 2.45) is 0 Å². The first-order chi connectivity index (χ1) is 9.31. The van der Waals surface area contributed by atoms with Gasteiger partial charge in [-0.05, 0) is 36.1 Å². The number of rotatable bonds is 7. The van der Waals surface area contributed by atoms with Gasteiger partial charge in [-0.1, -0.05) is 34.8 Å². The first-order valence-electron chi connectivity index (χ1n) is 6.85. The molecule has 0 atom stereocenters. The maximum Gasteiger partial charge on any atom is 0.251 e. The molecule has 0 spiro atoms. The van der Waals surface area contributed by atoms with Gasteiger partial charge in [0.25, 0.3) is 5.91 Å². The van der Waals surface area contributed by atoms with Crippen LogP contribution in [0.3, 0.4) is 0 Å². The minimum Gasteiger partial charge on any atom is -0.372 e. The van der Waals surface area contributed by atoms with Gasteiger partial charge in [0.05, 0.1) is 13.2 Å². The standard InChI is InChI=1S/C15H20BrNO2/c16-7-3-1-2-4-8-17-15(18)12-5-6-13-10-19-11-14(13)9-12/h5-6,9H,1-4,7-8,10-11H2,(H,17,18). The summed E-state index contributed by atoms with van der Waals surface area (Å²) in [5.74, 6) is 0.0233. The molecular formula is C15H20BrNO2. The fourth-order valence-corrected chi connectivity index (χ4v) is 2.59. The summed E-state index contributed by atoms with van der Waals surface area (Å²) < 4.78 is 5.35. The molecule has 0 bridgehead atoms. The molecule has 1 aliphatic heterocycles. The van der Waals surface area contributed by atoms with Crippen LogP contribution in [0.2, 0.25) is 0 Å². The number of halogens is 1. The molecule has 104 valence electrons. The van der Waals surface area contributed by atoms with E-state index >= 15 is 0 Å². The highest BCUT2D eigenvalue weighted by molar-refractivity contribution is 9.09. The Bertz CT molecular complexity index is 434. The third-order valence-electron chi connectivity index (χ3n) is 3.33. The molecule has 0 aliphatic carbocycles. The van der Waals surface area contributed by atoms with Crippen LogP contribution in [0.25, 0.3) is 0 Å². The quantitative estimate of drug-likeness (QED) is 0.616. The molecule has 0 aromatic heterocycles. The number of fused-ring (bicyclic) bond motifs is 1. The number of hydrogen-bond acceptors (Lipinski definition) is 2.